The second kappa shape index (κ2) is 7.23. The molecule has 0 saturated heterocycles. The molecule has 1 aliphatic carbocycles. The van der Waals surface area contributed by atoms with Gasteiger partial charge in [0.2, 0.25) is 18.2 Å². The number of halogens is 3. The lowest BCUT2D eigenvalue weighted by atomic mass is 10.0. The molecule has 1 aliphatic heterocycles. The van der Waals surface area contributed by atoms with Gasteiger partial charge in [-0.2, -0.15) is 22.8 Å². The van der Waals surface area contributed by atoms with E-state index in [1.165, 1.54) is 18.5 Å². The highest BCUT2D eigenvalue weighted by atomic mass is 19.3. The van der Waals surface area contributed by atoms with E-state index in [4.69, 9.17) is 0 Å². The first-order chi connectivity index (χ1) is 14.9. The number of nitrogens with zero attached hydrogens (tertiary/aromatic N) is 4. The summed E-state index contributed by atoms with van der Waals surface area (Å²) in [6, 6.07) is 4.69. The molecule has 1 saturated carbocycles. The van der Waals surface area contributed by atoms with Crippen LogP contribution < -0.4 is 15.4 Å². The van der Waals surface area contributed by atoms with Crippen molar-refractivity contribution in [3.63, 3.8) is 0 Å². The van der Waals surface area contributed by atoms with Gasteiger partial charge >= 0.3 is 6.61 Å². The number of nitrogens with one attached hydrogen (secondary N) is 2. The Labute approximate surface area is 172 Å². The SMILES string of the molecule is O=C1NC(O)NC=C1c1cc([C@@H]2C[C@H]2c2ccc(OC(F)F)nc2)c2ncc(F)n2n1. The number of aromatic nitrogens is 4. The van der Waals surface area contributed by atoms with Crippen LogP contribution >= 0.6 is 0 Å². The summed E-state index contributed by atoms with van der Waals surface area (Å²) < 4.78 is 44.2. The van der Waals surface area contributed by atoms with Crippen LogP contribution in [0.4, 0.5) is 13.2 Å². The van der Waals surface area contributed by atoms with Crippen LogP contribution in [0.1, 0.15) is 35.1 Å². The van der Waals surface area contributed by atoms with E-state index in [0.717, 1.165) is 16.3 Å². The number of imidazole rings is 1. The van der Waals surface area contributed by atoms with Crippen LogP contribution in [0.25, 0.3) is 11.2 Å². The molecule has 160 valence electrons. The second-order valence-electron chi connectivity index (χ2n) is 7.16. The Morgan fingerprint density at radius 1 is 1.23 bits per heavy atom. The summed E-state index contributed by atoms with van der Waals surface area (Å²) in [7, 11) is 0. The smallest absolute Gasteiger partial charge is 0.388 e. The van der Waals surface area contributed by atoms with Crippen LogP contribution in [0.5, 0.6) is 5.88 Å². The number of alkyl halides is 2. The quantitative estimate of drug-likeness (QED) is 0.560. The fourth-order valence-electron chi connectivity index (χ4n) is 3.71. The van der Waals surface area contributed by atoms with E-state index in [1.807, 2.05) is 0 Å². The number of ether oxygens (including phenoxy) is 1. The Bertz CT molecular complexity index is 1200. The van der Waals surface area contributed by atoms with Crippen molar-refractivity contribution in [1.29, 1.82) is 0 Å². The first-order valence-corrected chi connectivity index (χ1v) is 9.31. The zero-order valence-electron chi connectivity index (χ0n) is 15.7. The van der Waals surface area contributed by atoms with Crippen molar-refractivity contribution in [1.82, 2.24) is 30.2 Å². The molecule has 1 amide bonds. The highest BCUT2D eigenvalue weighted by Gasteiger charge is 2.42. The molecule has 3 N–H and O–H groups in total. The lowest BCUT2D eigenvalue weighted by Crippen LogP contribution is -2.47. The van der Waals surface area contributed by atoms with Crippen molar-refractivity contribution in [3.8, 4) is 5.88 Å². The van der Waals surface area contributed by atoms with E-state index in [9.17, 15) is 23.1 Å². The molecule has 5 rings (SSSR count). The van der Waals surface area contributed by atoms with Gasteiger partial charge in [-0.3, -0.25) is 4.79 Å². The molecule has 3 atom stereocenters. The fourth-order valence-corrected chi connectivity index (χ4v) is 3.71. The highest BCUT2D eigenvalue weighted by molar-refractivity contribution is 6.19. The largest absolute Gasteiger partial charge is 0.417 e. The first-order valence-electron chi connectivity index (χ1n) is 9.31. The molecule has 1 fully saturated rings. The number of carbonyl (C=O) groups is 1. The second-order valence-corrected chi connectivity index (χ2v) is 7.16. The standard InChI is InChI=1S/C19H15F3N6O3/c20-14-7-24-16-11(4-13(27-28(14)16)12-6-25-19(30)26-17(12)29)10-3-9(10)8-1-2-15(23-5-8)31-18(21)22/h1-2,4-7,9-10,18-19,25,30H,3H2,(H,26,29)/t9-,10+,19?/m0/s1. The Hall–Kier alpha value is -3.67. The van der Waals surface area contributed by atoms with Crippen molar-refractivity contribution in [2.75, 3.05) is 0 Å². The van der Waals surface area contributed by atoms with Gasteiger partial charge in [-0.1, -0.05) is 6.07 Å². The predicted molar refractivity (Wildman–Crippen MR) is 99.2 cm³/mol. The van der Waals surface area contributed by atoms with Crippen LogP contribution in [0.15, 0.2) is 36.8 Å². The number of pyridine rings is 1. The van der Waals surface area contributed by atoms with Gasteiger partial charge in [0.15, 0.2) is 5.65 Å². The molecule has 0 bridgehead atoms. The number of rotatable bonds is 5. The number of aliphatic hydroxyl groups is 1. The summed E-state index contributed by atoms with van der Waals surface area (Å²) in [6.07, 6.45) is 3.30. The molecule has 31 heavy (non-hydrogen) atoms. The van der Waals surface area contributed by atoms with Gasteiger partial charge in [0.1, 0.15) is 0 Å². The molecule has 0 radical (unpaired) electrons. The van der Waals surface area contributed by atoms with Crippen molar-refractivity contribution < 1.29 is 27.8 Å². The number of fused-ring (bicyclic) bond motifs is 1. The van der Waals surface area contributed by atoms with Gasteiger partial charge in [-0.05, 0) is 29.9 Å². The van der Waals surface area contributed by atoms with Gasteiger partial charge < -0.3 is 20.5 Å². The fraction of sp³-hybridized carbons (Fsp3) is 0.263. The summed E-state index contributed by atoms with van der Waals surface area (Å²) >= 11 is 0. The lowest BCUT2D eigenvalue weighted by Gasteiger charge is -2.20. The van der Waals surface area contributed by atoms with Crippen molar-refractivity contribution in [3.05, 3.63) is 59.6 Å². The van der Waals surface area contributed by atoms with Crippen molar-refractivity contribution in [2.45, 2.75) is 31.2 Å². The highest BCUT2D eigenvalue weighted by Crippen LogP contribution is 2.55. The van der Waals surface area contributed by atoms with Crippen molar-refractivity contribution in [2.24, 2.45) is 0 Å². The molecule has 0 aromatic carbocycles. The van der Waals surface area contributed by atoms with E-state index >= 15 is 0 Å². The third-order valence-corrected chi connectivity index (χ3v) is 5.22. The van der Waals surface area contributed by atoms with E-state index in [2.05, 4.69) is 30.4 Å². The van der Waals surface area contributed by atoms with Crippen LogP contribution in [0.3, 0.4) is 0 Å². The van der Waals surface area contributed by atoms with E-state index < -0.39 is 24.8 Å². The van der Waals surface area contributed by atoms with E-state index in [1.54, 1.807) is 12.1 Å². The number of aliphatic hydroxyl groups excluding tert-OH is 1. The zero-order chi connectivity index (χ0) is 21.7. The maximum atomic E-state index is 14.3. The summed E-state index contributed by atoms with van der Waals surface area (Å²) in [4.78, 5) is 20.2. The van der Waals surface area contributed by atoms with Gasteiger partial charge in [0, 0.05) is 24.0 Å². The Morgan fingerprint density at radius 3 is 2.77 bits per heavy atom. The maximum Gasteiger partial charge on any atom is 0.388 e. The third-order valence-electron chi connectivity index (χ3n) is 5.22. The van der Waals surface area contributed by atoms with Gasteiger partial charge in [0.05, 0.1) is 17.5 Å². The number of carbonyl (C=O) groups excluding carboxylic acids is 1. The minimum absolute atomic E-state index is 0.0148. The van der Waals surface area contributed by atoms with E-state index in [0.29, 0.717) is 17.6 Å². The summed E-state index contributed by atoms with van der Waals surface area (Å²) in [6.45, 7) is -2.95. The van der Waals surface area contributed by atoms with Gasteiger partial charge in [0.25, 0.3) is 5.91 Å². The van der Waals surface area contributed by atoms with Crippen molar-refractivity contribution >= 4 is 17.1 Å². The average molecular weight is 432 g/mol. The molecule has 12 heteroatoms. The van der Waals surface area contributed by atoms with Crippen LogP contribution in [-0.4, -0.2) is 43.6 Å². The molecule has 2 aliphatic rings. The van der Waals surface area contributed by atoms with Crippen LogP contribution in [0.2, 0.25) is 0 Å². The monoisotopic (exact) mass is 432 g/mol. The maximum absolute atomic E-state index is 14.3. The molecule has 0 spiro atoms. The normalized spacial score (nSPS) is 22.8. The minimum atomic E-state index is -2.95. The number of amides is 1. The van der Waals surface area contributed by atoms with E-state index in [-0.39, 0.29) is 29.0 Å². The zero-order valence-corrected chi connectivity index (χ0v) is 15.7. The average Bonchev–Trinajstić information content (AvgIpc) is 3.44. The van der Waals surface area contributed by atoms with Gasteiger partial charge in [-0.15, -0.1) is 0 Å². The number of hydrogen-bond donors (Lipinski definition) is 3. The van der Waals surface area contributed by atoms with Crippen LogP contribution in [-0.2, 0) is 4.79 Å². The van der Waals surface area contributed by atoms with Crippen LogP contribution in [0, 0.1) is 5.95 Å². The summed E-state index contributed by atoms with van der Waals surface area (Å²) in [5.41, 5.74) is 2.17. The molecule has 1 unspecified atom stereocenters. The Balaban J connectivity index is 1.48. The predicted octanol–water partition coefficient (Wildman–Crippen LogP) is 1.47. The molecular weight excluding hydrogens is 417 g/mol. The first kappa shape index (κ1) is 19.3. The third kappa shape index (κ3) is 3.54. The summed E-state index contributed by atoms with van der Waals surface area (Å²) in [5.74, 6) is -1.46. The molecule has 4 heterocycles. The topological polar surface area (TPSA) is 114 Å². The Morgan fingerprint density at radius 2 is 2.06 bits per heavy atom. The minimum Gasteiger partial charge on any atom is -0.417 e. The molecular formula is C19H15F3N6O3. The molecule has 3 aromatic heterocycles. The molecule has 3 aromatic rings. The lowest BCUT2D eigenvalue weighted by molar-refractivity contribution is -0.119. The number of hydrogen-bond acceptors (Lipinski definition) is 7. The Kier molecular flexibility index (Phi) is 4.50. The van der Waals surface area contributed by atoms with Gasteiger partial charge in [-0.25, -0.2) is 9.97 Å². The summed E-state index contributed by atoms with van der Waals surface area (Å²) in [5, 5.41) is 18.5. The molecule has 9 nitrogen and oxygen atoms in total.